The molecule has 1 aliphatic rings. The lowest BCUT2D eigenvalue weighted by atomic mass is 9.86. The van der Waals surface area contributed by atoms with Gasteiger partial charge in [0.15, 0.2) is 5.96 Å². The molecule has 3 N–H and O–H groups in total. The number of guanidine groups is 1. The second-order valence-corrected chi connectivity index (χ2v) is 6.36. The molecule has 6 heteroatoms. The average Bonchev–Trinajstić information content (AvgIpc) is 2.35. The van der Waals surface area contributed by atoms with Gasteiger partial charge in [0.2, 0.25) is 0 Å². The number of thioether (sulfide) groups is 1. The lowest BCUT2D eigenvalue weighted by Gasteiger charge is -2.23. The third-order valence-electron chi connectivity index (χ3n) is 3.24. The highest BCUT2D eigenvalue weighted by Crippen LogP contribution is 2.26. The van der Waals surface area contributed by atoms with E-state index in [2.05, 4.69) is 10.3 Å². The van der Waals surface area contributed by atoms with Crippen LogP contribution in [-0.4, -0.2) is 24.8 Å². The van der Waals surface area contributed by atoms with Crippen LogP contribution in [0.4, 0.5) is 0 Å². The van der Waals surface area contributed by atoms with E-state index in [9.17, 15) is 0 Å². The molecule has 112 valence electrons. The Morgan fingerprint density at radius 2 is 2.05 bits per heavy atom. The van der Waals surface area contributed by atoms with E-state index in [1.807, 2.05) is 24.3 Å². The third kappa shape index (κ3) is 6.54. The highest BCUT2D eigenvalue weighted by molar-refractivity contribution is 14.0. The van der Waals surface area contributed by atoms with Crippen LogP contribution in [0.2, 0.25) is 5.02 Å². The molecule has 1 aliphatic carbocycles. The number of hydrogen-bond acceptors (Lipinski definition) is 2. The van der Waals surface area contributed by atoms with Gasteiger partial charge in [-0.3, -0.25) is 4.99 Å². The van der Waals surface area contributed by atoms with Crippen LogP contribution in [0.1, 0.15) is 19.3 Å². The van der Waals surface area contributed by atoms with Crippen molar-refractivity contribution in [1.82, 2.24) is 5.32 Å². The van der Waals surface area contributed by atoms with E-state index >= 15 is 0 Å². The summed E-state index contributed by atoms with van der Waals surface area (Å²) in [5.74, 6) is 2.30. The van der Waals surface area contributed by atoms with Crippen molar-refractivity contribution < 1.29 is 0 Å². The van der Waals surface area contributed by atoms with E-state index in [1.54, 1.807) is 11.8 Å². The van der Waals surface area contributed by atoms with Crippen LogP contribution in [0.25, 0.3) is 0 Å². The Kier molecular flexibility index (Phi) is 8.72. The predicted octanol–water partition coefficient (Wildman–Crippen LogP) is 3.75. The molecule has 3 nitrogen and oxygen atoms in total. The maximum atomic E-state index is 5.84. The molecule has 0 saturated heterocycles. The Labute approximate surface area is 147 Å². The lowest BCUT2D eigenvalue weighted by molar-refractivity contribution is 0.326. The maximum Gasteiger partial charge on any atom is 0.188 e. The van der Waals surface area contributed by atoms with Crippen molar-refractivity contribution in [2.75, 3.05) is 18.8 Å². The minimum absolute atomic E-state index is 0. The number of halogens is 2. The molecule has 0 bridgehead atoms. The minimum atomic E-state index is 0. The summed E-state index contributed by atoms with van der Waals surface area (Å²) in [6.45, 7) is 1.70. The van der Waals surface area contributed by atoms with Crippen LogP contribution in [0.15, 0.2) is 34.2 Å². The van der Waals surface area contributed by atoms with Crippen molar-refractivity contribution in [3.8, 4) is 0 Å². The molecule has 1 saturated carbocycles. The van der Waals surface area contributed by atoms with Gasteiger partial charge in [-0.15, -0.1) is 35.7 Å². The maximum absolute atomic E-state index is 5.84. The highest BCUT2D eigenvalue weighted by Gasteiger charge is 2.16. The van der Waals surface area contributed by atoms with Crippen LogP contribution in [-0.2, 0) is 0 Å². The van der Waals surface area contributed by atoms with E-state index in [0.29, 0.717) is 5.96 Å². The summed E-state index contributed by atoms with van der Waals surface area (Å²) < 4.78 is 0. The fraction of sp³-hybridized carbons (Fsp3) is 0.500. The first kappa shape index (κ1) is 17.9. The van der Waals surface area contributed by atoms with Gasteiger partial charge in [-0.1, -0.05) is 18.0 Å². The largest absolute Gasteiger partial charge is 0.370 e. The monoisotopic (exact) mass is 425 g/mol. The molecule has 0 amide bonds. The molecule has 1 aromatic carbocycles. The molecule has 1 aromatic rings. The zero-order valence-corrected chi connectivity index (χ0v) is 15.3. The third-order valence-corrected chi connectivity index (χ3v) is 4.50. The van der Waals surface area contributed by atoms with Crippen molar-refractivity contribution in [2.24, 2.45) is 16.6 Å². The van der Waals surface area contributed by atoms with Gasteiger partial charge in [0, 0.05) is 28.8 Å². The van der Waals surface area contributed by atoms with Crippen molar-refractivity contribution in [2.45, 2.75) is 24.2 Å². The molecule has 1 fully saturated rings. The van der Waals surface area contributed by atoms with E-state index < -0.39 is 0 Å². The second kappa shape index (κ2) is 9.73. The summed E-state index contributed by atoms with van der Waals surface area (Å²) in [5.41, 5.74) is 5.81. The average molecular weight is 426 g/mol. The van der Waals surface area contributed by atoms with Gasteiger partial charge >= 0.3 is 0 Å². The van der Waals surface area contributed by atoms with Crippen molar-refractivity contribution in [3.63, 3.8) is 0 Å². The summed E-state index contributed by atoms with van der Waals surface area (Å²) >= 11 is 7.62. The second-order valence-electron chi connectivity index (χ2n) is 4.75. The summed E-state index contributed by atoms with van der Waals surface area (Å²) in [7, 11) is 0. The van der Waals surface area contributed by atoms with Gasteiger partial charge < -0.3 is 11.1 Å². The van der Waals surface area contributed by atoms with Crippen LogP contribution in [0.3, 0.4) is 0 Å². The Hall–Kier alpha value is -0.140. The van der Waals surface area contributed by atoms with Gasteiger partial charge in [-0.25, -0.2) is 0 Å². The first-order chi connectivity index (χ1) is 9.24. The quantitative estimate of drug-likeness (QED) is 0.240. The SMILES string of the molecule is I.NC(=NCC1CCC1)NCCSc1ccc(Cl)cc1. The number of rotatable bonds is 6. The summed E-state index contributed by atoms with van der Waals surface area (Å²) in [4.78, 5) is 5.58. The van der Waals surface area contributed by atoms with Gasteiger partial charge in [-0.05, 0) is 43.0 Å². The fourth-order valence-corrected chi connectivity index (χ4v) is 2.73. The molecule has 0 heterocycles. The van der Waals surface area contributed by atoms with Crippen molar-refractivity contribution >= 4 is 53.3 Å². The van der Waals surface area contributed by atoms with E-state index in [4.69, 9.17) is 17.3 Å². The Bertz CT molecular complexity index is 421. The highest BCUT2D eigenvalue weighted by atomic mass is 127. The molecular weight excluding hydrogens is 405 g/mol. The summed E-state index contributed by atoms with van der Waals surface area (Å²) in [6, 6.07) is 7.87. The van der Waals surface area contributed by atoms with Crippen molar-refractivity contribution in [3.05, 3.63) is 29.3 Å². The predicted molar refractivity (Wildman–Crippen MR) is 99.4 cm³/mol. The van der Waals surface area contributed by atoms with Crippen LogP contribution < -0.4 is 11.1 Å². The number of aliphatic imine (C=N–C) groups is 1. The van der Waals surface area contributed by atoms with Gasteiger partial charge in [-0.2, -0.15) is 0 Å². The topological polar surface area (TPSA) is 50.4 Å². The smallest absolute Gasteiger partial charge is 0.188 e. The Morgan fingerprint density at radius 3 is 2.65 bits per heavy atom. The number of nitrogens with two attached hydrogens (primary N) is 1. The van der Waals surface area contributed by atoms with Crippen LogP contribution in [0, 0.1) is 5.92 Å². The summed E-state index contributed by atoms with van der Waals surface area (Å²) in [5, 5.41) is 3.92. The van der Waals surface area contributed by atoms with Gasteiger partial charge in [0.05, 0.1) is 0 Å². The van der Waals surface area contributed by atoms with Crippen molar-refractivity contribution in [1.29, 1.82) is 0 Å². The Balaban J connectivity index is 0.00000200. The summed E-state index contributed by atoms with van der Waals surface area (Å²) in [6.07, 6.45) is 3.97. The molecule has 20 heavy (non-hydrogen) atoms. The normalized spacial score (nSPS) is 15.3. The number of hydrogen-bond donors (Lipinski definition) is 2. The molecule has 0 atom stereocenters. The van der Waals surface area contributed by atoms with E-state index in [0.717, 1.165) is 29.8 Å². The minimum Gasteiger partial charge on any atom is -0.370 e. The number of nitrogens with one attached hydrogen (secondary N) is 1. The van der Waals surface area contributed by atoms with Gasteiger partial charge in [0.25, 0.3) is 0 Å². The molecular formula is C14H21ClIN3S. The zero-order valence-electron chi connectivity index (χ0n) is 11.3. The molecule has 0 spiro atoms. The number of benzene rings is 1. The zero-order chi connectivity index (χ0) is 13.5. The van der Waals surface area contributed by atoms with Crippen LogP contribution in [0.5, 0.6) is 0 Å². The fourth-order valence-electron chi connectivity index (χ4n) is 1.84. The van der Waals surface area contributed by atoms with Crippen LogP contribution >= 0.6 is 47.3 Å². The molecule has 0 aromatic heterocycles. The molecule has 0 unspecified atom stereocenters. The first-order valence-electron chi connectivity index (χ1n) is 6.66. The molecule has 0 radical (unpaired) electrons. The Morgan fingerprint density at radius 1 is 1.35 bits per heavy atom. The number of nitrogens with zero attached hydrogens (tertiary/aromatic N) is 1. The van der Waals surface area contributed by atoms with E-state index in [-0.39, 0.29) is 24.0 Å². The van der Waals surface area contributed by atoms with Gasteiger partial charge in [0.1, 0.15) is 0 Å². The first-order valence-corrected chi connectivity index (χ1v) is 8.02. The van der Waals surface area contributed by atoms with E-state index in [1.165, 1.54) is 24.2 Å². The lowest BCUT2D eigenvalue weighted by Crippen LogP contribution is -2.34. The molecule has 2 rings (SSSR count). The molecule has 0 aliphatic heterocycles. The standard InChI is InChI=1S/C14H20ClN3S.HI/c15-12-4-6-13(7-5-12)19-9-8-17-14(16)18-10-11-2-1-3-11;/h4-7,11H,1-3,8-10H2,(H3,16,17,18);1H.